The minimum absolute atomic E-state index is 0.165. The van der Waals surface area contributed by atoms with Crippen LogP contribution >= 0.6 is 0 Å². The van der Waals surface area contributed by atoms with E-state index in [9.17, 15) is 24.3 Å². The molecule has 0 bridgehead atoms. The van der Waals surface area contributed by atoms with E-state index >= 15 is 0 Å². The molecule has 3 unspecified atom stereocenters. The molecule has 0 aliphatic heterocycles. The zero-order valence-electron chi connectivity index (χ0n) is 19.0. The Kier molecular flexibility index (Phi) is 9.78. The molecule has 3 amide bonds. The highest BCUT2D eigenvalue weighted by Crippen LogP contribution is 2.20. The Morgan fingerprint density at radius 2 is 1.41 bits per heavy atom. The van der Waals surface area contributed by atoms with E-state index in [1.807, 2.05) is 0 Å². The van der Waals surface area contributed by atoms with Crippen molar-refractivity contribution in [1.82, 2.24) is 10.2 Å². The molecule has 0 heterocycles. The van der Waals surface area contributed by atoms with Crippen molar-refractivity contribution in [3.63, 3.8) is 0 Å². The van der Waals surface area contributed by atoms with Gasteiger partial charge in [0, 0.05) is 0 Å². The molecule has 0 radical (unpaired) electrons. The number of carboxylic acids is 1. The number of hydrogen-bond acceptors (Lipinski definition) is 6. The zero-order chi connectivity index (χ0) is 23.3. The van der Waals surface area contributed by atoms with Gasteiger partial charge in [0.1, 0.15) is 17.7 Å². The number of ether oxygens (including phenoxy) is 1. The lowest BCUT2D eigenvalue weighted by atomic mass is 9.97. The number of carboxylic acid groups (broad SMARTS) is 1. The Labute approximate surface area is 173 Å². The molecule has 3 atom stereocenters. The van der Waals surface area contributed by atoms with Crippen LogP contribution in [0.25, 0.3) is 0 Å². The van der Waals surface area contributed by atoms with Gasteiger partial charge in [-0.05, 0) is 38.5 Å². The molecule has 0 aliphatic carbocycles. The average molecular weight is 416 g/mol. The SMILES string of the molecule is CC(C)C(N)C(=O)NC(C(=O)N(C(=O)OC(C)(C)C)C(C(=O)O)C(C)C)C(C)C. The number of carbonyl (C=O) groups is 4. The third kappa shape index (κ3) is 8.00. The summed E-state index contributed by atoms with van der Waals surface area (Å²) in [6.07, 6.45) is -1.07. The first-order valence-corrected chi connectivity index (χ1v) is 9.86. The summed E-state index contributed by atoms with van der Waals surface area (Å²) >= 11 is 0. The first-order chi connectivity index (χ1) is 13.0. The summed E-state index contributed by atoms with van der Waals surface area (Å²) in [4.78, 5) is 51.0. The molecule has 0 aromatic heterocycles. The van der Waals surface area contributed by atoms with Gasteiger partial charge in [-0.1, -0.05) is 41.5 Å². The van der Waals surface area contributed by atoms with E-state index in [1.165, 1.54) is 0 Å². The third-order valence-electron chi connectivity index (χ3n) is 4.24. The fourth-order valence-electron chi connectivity index (χ4n) is 2.56. The van der Waals surface area contributed by atoms with Crippen molar-refractivity contribution < 1.29 is 29.0 Å². The minimum Gasteiger partial charge on any atom is -0.480 e. The molecule has 0 fully saturated rings. The van der Waals surface area contributed by atoms with Crippen LogP contribution in [0.15, 0.2) is 0 Å². The number of hydrogen-bond donors (Lipinski definition) is 3. The van der Waals surface area contributed by atoms with Crippen molar-refractivity contribution in [3.8, 4) is 0 Å². The predicted molar refractivity (Wildman–Crippen MR) is 109 cm³/mol. The van der Waals surface area contributed by atoms with Crippen LogP contribution < -0.4 is 11.1 Å². The molecule has 0 saturated heterocycles. The van der Waals surface area contributed by atoms with Gasteiger partial charge in [0.15, 0.2) is 0 Å². The van der Waals surface area contributed by atoms with E-state index in [4.69, 9.17) is 10.5 Å². The second-order valence-corrected chi connectivity index (χ2v) is 9.22. The average Bonchev–Trinajstić information content (AvgIpc) is 2.52. The van der Waals surface area contributed by atoms with E-state index in [0.717, 1.165) is 0 Å². The van der Waals surface area contributed by atoms with Crippen LogP contribution in [0.5, 0.6) is 0 Å². The van der Waals surface area contributed by atoms with E-state index in [-0.39, 0.29) is 5.92 Å². The molecule has 29 heavy (non-hydrogen) atoms. The van der Waals surface area contributed by atoms with Gasteiger partial charge >= 0.3 is 12.1 Å². The number of aliphatic carboxylic acids is 1. The summed E-state index contributed by atoms with van der Waals surface area (Å²) in [7, 11) is 0. The number of imide groups is 1. The number of amides is 3. The lowest BCUT2D eigenvalue weighted by molar-refractivity contribution is -0.153. The zero-order valence-corrected chi connectivity index (χ0v) is 19.0. The predicted octanol–water partition coefficient (Wildman–Crippen LogP) is 1.98. The number of nitrogens with zero attached hydrogens (tertiary/aromatic N) is 1. The Morgan fingerprint density at radius 3 is 1.72 bits per heavy atom. The first-order valence-electron chi connectivity index (χ1n) is 9.86. The second kappa shape index (κ2) is 10.6. The highest BCUT2D eigenvalue weighted by Gasteiger charge is 2.43. The summed E-state index contributed by atoms with van der Waals surface area (Å²) in [5.74, 6) is -3.90. The normalized spacial score (nSPS) is 15.1. The van der Waals surface area contributed by atoms with Gasteiger partial charge in [0.2, 0.25) is 5.91 Å². The molecule has 9 nitrogen and oxygen atoms in total. The van der Waals surface area contributed by atoms with Crippen molar-refractivity contribution in [2.45, 2.75) is 86.0 Å². The van der Waals surface area contributed by atoms with Crippen LogP contribution in [-0.4, -0.2) is 57.6 Å². The van der Waals surface area contributed by atoms with Crippen LogP contribution in [-0.2, 0) is 19.1 Å². The van der Waals surface area contributed by atoms with Gasteiger partial charge < -0.3 is 20.9 Å². The van der Waals surface area contributed by atoms with Gasteiger partial charge in [0.05, 0.1) is 6.04 Å². The van der Waals surface area contributed by atoms with Crippen LogP contribution in [0.3, 0.4) is 0 Å². The standard InChI is InChI=1S/C20H37N3O6/c1-10(2)13(21)16(24)22-14(11(3)4)17(25)23(15(12(5)6)18(26)27)19(28)29-20(7,8)9/h10-15H,21H2,1-9H3,(H,22,24)(H,26,27). The lowest BCUT2D eigenvalue weighted by Gasteiger charge is -2.35. The molecular formula is C20H37N3O6. The maximum atomic E-state index is 13.3. The van der Waals surface area contributed by atoms with E-state index in [0.29, 0.717) is 4.90 Å². The van der Waals surface area contributed by atoms with Crippen LogP contribution in [0, 0.1) is 17.8 Å². The Hall–Kier alpha value is -2.16. The molecule has 4 N–H and O–H groups in total. The summed E-state index contributed by atoms with van der Waals surface area (Å²) in [5.41, 5.74) is 4.92. The Balaban J connectivity index is 6.09. The topological polar surface area (TPSA) is 139 Å². The van der Waals surface area contributed by atoms with Crippen LogP contribution in [0.1, 0.15) is 62.3 Å². The second-order valence-electron chi connectivity index (χ2n) is 9.22. The largest absolute Gasteiger partial charge is 0.480 e. The number of rotatable bonds is 8. The van der Waals surface area contributed by atoms with Gasteiger partial charge in [-0.3, -0.25) is 9.59 Å². The van der Waals surface area contributed by atoms with E-state index in [1.54, 1.807) is 62.3 Å². The van der Waals surface area contributed by atoms with Crippen molar-refractivity contribution in [1.29, 1.82) is 0 Å². The number of carbonyl (C=O) groups excluding carboxylic acids is 3. The Morgan fingerprint density at radius 1 is 0.931 bits per heavy atom. The lowest BCUT2D eigenvalue weighted by Crippen LogP contribution is -2.61. The maximum Gasteiger partial charge on any atom is 0.417 e. The molecule has 168 valence electrons. The molecule has 0 rings (SSSR count). The minimum atomic E-state index is -1.45. The summed E-state index contributed by atoms with van der Waals surface area (Å²) < 4.78 is 5.29. The quantitative estimate of drug-likeness (QED) is 0.551. The van der Waals surface area contributed by atoms with Gasteiger partial charge in [-0.15, -0.1) is 0 Å². The molecule has 0 aromatic rings. The van der Waals surface area contributed by atoms with Crippen molar-refractivity contribution >= 4 is 23.9 Å². The van der Waals surface area contributed by atoms with Gasteiger partial charge in [0.25, 0.3) is 5.91 Å². The van der Waals surface area contributed by atoms with Crippen LogP contribution in [0.4, 0.5) is 4.79 Å². The summed E-state index contributed by atoms with van der Waals surface area (Å²) in [5, 5.41) is 12.2. The van der Waals surface area contributed by atoms with Crippen LogP contribution in [0.2, 0.25) is 0 Å². The van der Waals surface area contributed by atoms with Crippen molar-refractivity contribution in [2.75, 3.05) is 0 Å². The fourth-order valence-corrected chi connectivity index (χ4v) is 2.56. The molecule has 0 aromatic carbocycles. The molecule has 0 spiro atoms. The molecular weight excluding hydrogens is 378 g/mol. The van der Waals surface area contributed by atoms with Gasteiger partial charge in [-0.2, -0.15) is 0 Å². The van der Waals surface area contributed by atoms with Crippen molar-refractivity contribution in [3.05, 3.63) is 0 Å². The molecule has 9 heteroatoms. The highest BCUT2D eigenvalue weighted by molar-refractivity contribution is 6.01. The maximum absolute atomic E-state index is 13.3. The Bertz CT molecular complexity index is 610. The fraction of sp³-hybridized carbons (Fsp3) is 0.800. The monoisotopic (exact) mass is 415 g/mol. The summed E-state index contributed by atoms with van der Waals surface area (Å²) in [6, 6.07) is -3.44. The van der Waals surface area contributed by atoms with E-state index in [2.05, 4.69) is 5.32 Å². The first kappa shape index (κ1) is 26.8. The summed E-state index contributed by atoms with van der Waals surface area (Å²) in [6.45, 7) is 14.9. The molecule has 0 saturated carbocycles. The number of nitrogens with two attached hydrogens (primary N) is 1. The number of nitrogens with one attached hydrogen (secondary N) is 1. The third-order valence-corrected chi connectivity index (χ3v) is 4.24. The van der Waals surface area contributed by atoms with Gasteiger partial charge in [-0.25, -0.2) is 14.5 Å². The molecule has 0 aliphatic rings. The van der Waals surface area contributed by atoms with E-state index < -0.39 is 59.4 Å². The highest BCUT2D eigenvalue weighted by atomic mass is 16.6. The van der Waals surface area contributed by atoms with Crippen molar-refractivity contribution in [2.24, 2.45) is 23.5 Å². The smallest absolute Gasteiger partial charge is 0.417 e.